The first-order valence-electron chi connectivity index (χ1n) is 8.20. The fourth-order valence-corrected chi connectivity index (χ4v) is 7.04. The lowest BCUT2D eigenvalue weighted by atomic mass is 9.50. The lowest BCUT2D eigenvalue weighted by Crippen LogP contribution is -2.65. The van der Waals surface area contributed by atoms with E-state index in [4.69, 9.17) is 5.14 Å². The summed E-state index contributed by atoms with van der Waals surface area (Å²) in [6.07, 6.45) is 5.79. The summed E-state index contributed by atoms with van der Waals surface area (Å²) in [6, 6.07) is 0. The van der Waals surface area contributed by atoms with Crippen LogP contribution in [0.3, 0.4) is 0 Å². The van der Waals surface area contributed by atoms with E-state index in [-0.39, 0.29) is 29.5 Å². The highest BCUT2D eigenvalue weighted by Gasteiger charge is 2.61. The van der Waals surface area contributed by atoms with Crippen molar-refractivity contribution in [3.8, 4) is 0 Å². The molecule has 4 aliphatic carbocycles. The van der Waals surface area contributed by atoms with Crippen LogP contribution in [0.4, 0.5) is 0 Å². The summed E-state index contributed by atoms with van der Waals surface area (Å²) < 4.78 is 22.6. The molecule has 0 spiro atoms. The Kier molecular flexibility index (Phi) is 3.02. The van der Waals surface area contributed by atoms with Crippen LogP contribution in [0.15, 0.2) is 0 Å². The molecule has 0 aromatic heterocycles. The van der Waals surface area contributed by atoms with E-state index >= 15 is 0 Å². The smallest absolute Gasteiger partial charge is 0.223 e. The standard InChI is InChI=1S/C15H24N2O4S/c16-22(20,21)8-12-2-13(18)17(7-12)14-3-10-1-11(4-14)6-15(19,5-10)9-14/h10-12,19H,1-9H2,(H2,16,20,21). The molecule has 1 saturated heterocycles. The molecule has 6 nitrogen and oxygen atoms in total. The van der Waals surface area contributed by atoms with Crippen LogP contribution in [0.5, 0.6) is 0 Å². The second kappa shape index (κ2) is 4.45. The Bertz CT molecular complexity index is 603. The van der Waals surface area contributed by atoms with Gasteiger partial charge in [0.25, 0.3) is 0 Å². The Labute approximate surface area is 131 Å². The van der Waals surface area contributed by atoms with Gasteiger partial charge < -0.3 is 10.0 Å². The van der Waals surface area contributed by atoms with Crippen LogP contribution in [-0.2, 0) is 14.8 Å². The molecule has 124 valence electrons. The summed E-state index contributed by atoms with van der Waals surface area (Å²) in [6.45, 7) is 0.477. The van der Waals surface area contributed by atoms with E-state index in [9.17, 15) is 18.3 Å². The number of amides is 1. The average molecular weight is 328 g/mol. The van der Waals surface area contributed by atoms with Gasteiger partial charge in [0.05, 0.1) is 11.4 Å². The Balaban J connectivity index is 1.58. The topological polar surface area (TPSA) is 101 Å². The highest BCUT2D eigenvalue weighted by molar-refractivity contribution is 7.89. The number of rotatable bonds is 3. The largest absolute Gasteiger partial charge is 0.390 e. The molecular weight excluding hydrogens is 304 g/mol. The van der Waals surface area contributed by atoms with Gasteiger partial charge in [-0.25, -0.2) is 13.6 Å². The maximum atomic E-state index is 12.5. The van der Waals surface area contributed by atoms with Crippen LogP contribution in [0.1, 0.15) is 44.9 Å². The van der Waals surface area contributed by atoms with Crippen LogP contribution < -0.4 is 5.14 Å². The molecule has 22 heavy (non-hydrogen) atoms. The zero-order valence-corrected chi connectivity index (χ0v) is 13.5. The van der Waals surface area contributed by atoms with Crippen LogP contribution in [-0.4, -0.2) is 47.8 Å². The van der Waals surface area contributed by atoms with Crippen molar-refractivity contribution in [2.75, 3.05) is 12.3 Å². The van der Waals surface area contributed by atoms with Crippen molar-refractivity contribution in [1.82, 2.24) is 4.90 Å². The fraction of sp³-hybridized carbons (Fsp3) is 0.933. The molecule has 3 N–H and O–H groups in total. The summed E-state index contributed by atoms with van der Waals surface area (Å²) >= 11 is 0. The van der Waals surface area contributed by atoms with Gasteiger partial charge in [0.1, 0.15) is 0 Å². The second-order valence-electron chi connectivity index (χ2n) is 8.31. The minimum atomic E-state index is -3.55. The van der Waals surface area contributed by atoms with Gasteiger partial charge in [0.2, 0.25) is 15.9 Å². The van der Waals surface area contributed by atoms with Crippen molar-refractivity contribution in [2.45, 2.75) is 56.1 Å². The third-order valence-electron chi connectivity index (χ3n) is 6.25. The lowest BCUT2D eigenvalue weighted by Gasteiger charge is -2.62. The van der Waals surface area contributed by atoms with E-state index in [1.165, 1.54) is 6.42 Å². The maximum absolute atomic E-state index is 12.5. The van der Waals surface area contributed by atoms with Gasteiger partial charge in [0.15, 0.2) is 0 Å². The Morgan fingerprint density at radius 1 is 1.23 bits per heavy atom. The molecule has 0 aromatic carbocycles. The maximum Gasteiger partial charge on any atom is 0.223 e. The summed E-state index contributed by atoms with van der Waals surface area (Å²) in [4.78, 5) is 14.4. The number of hydrogen-bond acceptors (Lipinski definition) is 4. The van der Waals surface area contributed by atoms with E-state index in [0.717, 1.165) is 25.7 Å². The molecule has 1 aliphatic heterocycles. The number of nitrogens with two attached hydrogens (primary N) is 1. The first-order chi connectivity index (χ1) is 10.2. The third-order valence-corrected chi connectivity index (χ3v) is 7.18. The summed E-state index contributed by atoms with van der Waals surface area (Å²) in [5.74, 6) is 0.736. The van der Waals surface area contributed by atoms with Gasteiger partial charge in [-0.2, -0.15) is 0 Å². The summed E-state index contributed by atoms with van der Waals surface area (Å²) in [5.41, 5.74) is -0.842. The molecule has 0 radical (unpaired) electrons. The van der Waals surface area contributed by atoms with Crippen LogP contribution >= 0.6 is 0 Å². The first kappa shape index (κ1) is 14.9. The van der Waals surface area contributed by atoms with Crippen molar-refractivity contribution < 1.29 is 18.3 Å². The molecule has 4 bridgehead atoms. The van der Waals surface area contributed by atoms with Gasteiger partial charge in [0, 0.05) is 24.4 Å². The molecule has 1 heterocycles. The normalized spacial score (nSPS) is 47.5. The average Bonchev–Trinajstić information content (AvgIpc) is 2.64. The number of nitrogens with zero attached hydrogens (tertiary/aromatic N) is 1. The van der Waals surface area contributed by atoms with Crippen molar-refractivity contribution in [1.29, 1.82) is 0 Å². The summed E-state index contributed by atoms with van der Waals surface area (Å²) in [5, 5.41) is 15.9. The number of carbonyl (C=O) groups excluding carboxylic acids is 1. The molecular formula is C15H24N2O4S. The van der Waals surface area contributed by atoms with Gasteiger partial charge in [-0.1, -0.05) is 0 Å². The molecule has 5 rings (SSSR count). The predicted molar refractivity (Wildman–Crippen MR) is 80.2 cm³/mol. The summed E-state index contributed by atoms with van der Waals surface area (Å²) in [7, 11) is -3.55. The van der Waals surface area contributed by atoms with E-state index in [2.05, 4.69) is 0 Å². The van der Waals surface area contributed by atoms with Gasteiger partial charge in [-0.05, 0) is 50.4 Å². The van der Waals surface area contributed by atoms with Crippen molar-refractivity contribution >= 4 is 15.9 Å². The molecule has 7 heteroatoms. The number of carbonyl (C=O) groups is 1. The van der Waals surface area contributed by atoms with Gasteiger partial charge >= 0.3 is 0 Å². The minimum Gasteiger partial charge on any atom is -0.390 e. The molecule has 3 unspecified atom stereocenters. The molecule has 0 aromatic rings. The van der Waals surface area contributed by atoms with Crippen molar-refractivity contribution in [3.05, 3.63) is 0 Å². The molecule has 5 fully saturated rings. The zero-order chi connectivity index (χ0) is 15.8. The van der Waals surface area contributed by atoms with Gasteiger partial charge in [-0.3, -0.25) is 4.79 Å². The van der Waals surface area contributed by atoms with E-state index in [1.54, 1.807) is 0 Å². The van der Waals surface area contributed by atoms with Crippen LogP contribution in [0.2, 0.25) is 0 Å². The monoisotopic (exact) mass is 328 g/mol. The Morgan fingerprint density at radius 3 is 2.41 bits per heavy atom. The second-order valence-corrected chi connectivity index (χ2v) is 9.97. The predicted octanol–water partition coefficient (Wildman–Crippen LogP) is 0.207. The zero-order valence-electron chi connectivity index (χ0n) is 12.7. The number of aliphatic hydroxyl groups is 1. The fourth-order valence-electron chi connectivity index (χ4n) is 6.16. The number of primary sulfonamides is 1. The first-order valence-corrected chi connectivity index (χ1v) is 9.91. The number of likely N-dealkylation sites (tertiary alicyclic amines) is 1. The van der Waals surface area contributed by atoms with E-state index in [0.29, 0.717) is 24.8 Å². The number of sulfonamides is 1. The number of hydrogen-bond donors (Lipinski definition) is 2. The highest BCUT2D eigenvalue weighted by Crippen LogP contribution is 2.60. The quantitative estimate of drug-likeness (QED) is 0.773. The Hall–Kier alpha value is -0.660. The SMILES string of the molecule is NS(=O)(=O)CC1CC(=O)N(C23CC4CC(CC(O)(C4)C2)C3)C1. The Morgan fingerprint density at radius 2 is 1.86 bits per heavy atom. The molecule has 4 saturated carbocycles. The van der Waals surface area contributed by atoms with E-state index < -0.39 is 15.6 Å². The van der Waals surface area contributed by atoms with Gasteiger partial charge in [-0.15, -0.1) is 0 Å². The van der Waals surface area contributed by atoms with Crippen LogP contribution in [0, 0.1) is 17.8 Å². The van der Waals surface area contributed by atoms with Crippen molar-refractivity contribution in [3.63, 3.8) is 0 Å². The molecule has 1 amide bonds. The van der Waals surface area contributed by atoms with Crippen LogP contribution in [0.25, 0.3) is 0 Å². The molecule has 5 aliphatic rings. The minimum absolute atomic E-state index is 0.0409. The highest BCUT2D eigenvalue weighted by atomic mass is 32.2. The lowest BCUT2D eigenvalue weighted by molar-refractivity contribution is -0.179. The molecule has 3 atom stereocenters. The third kappa shape index (κ3) is 2.37. The van der Waals surface area contributed by atoms with Crippen molar-refractivity contribution in [2.24, 2.45) is 22.9 Å². The van der Waals surface area contributed by atoms with E-state index in [1.807, 2.05) is 4.90 Å².